The fourth-order valence-corrected chi connectivity index (χ4v) is 5.58. The Morgan fingerprint density at radius 3 is 1.71 bits per heavy atom. The Bertz CT molecular complexity index is 1470. The SMILES string of the molecule is C=Cc1ccc2c(c1C(O)CN(C)C(=O)OC(C)(C)C)OCO2.COC(CBr)c1ccc2c(c1C(O)CN(C)C(=O)OC(C)(C)C)OCO2. The molecule has 2 aromatic carbocycles. The van der Waals surface area contributed by atoms with E-state index >= 15 is 0 Å². The van der Waals surface area contributed by atoms with Crippen molar-refractivity contribution in [2.75, 3.05) is 53.2 Å². The average Bonchev–Trinajstić information content (AvgIpc) is 3.69. The Labute approximate surface area is 296 Å². The molecule has 2 heterocycles. The molecule has 13 nitrogen and oxygen atoms in total. The van der Waals surface area contributed by atoms with Crippen molar-refractivity contribution >= 4 is 34.2 Å². The third kappa shape index (κ3) is 10.6. The van der Waals surface area contributed by atoms with Gasteiger partial charge in [-0.05, 0) is 64.8 Å². The molecule has 2 aliphatic heterocycles. The van der Waals surface area contributed by atoms with Crippen LogP contribution in [0, 0.1) is 0 Å². The number of halogens is 1. The first-order valence-electron chi connectivity index (χ1n) is 15.7. The van der Waals surface area contributed by atoms with E-state index < -0.39 is 35.6 Å². The molecule has 0 saturated carbocycles. The number of rotatable bonds is 10. The van der Waals surface area contributed by atoms with E-state index in [2.05, 4.69) is 22.5 Å². The summed E-state index contributed by atoms with van der Waals surface area (Å²) in [5, 5.41) is 22.0. The molecule has 2 aliphatic rings. The maximum atomic E-state index is 12.2. The van der Waals surface area contributed by atoms with Gasteiger partial charge in [0, 0.05) is 37.7 Å². The molecule has 0 saturated heterocycles. The summed E-state index contributed by atoms with van der Waals surface area (Å²) in [6, 6.07) is 7.20. The van der Waals surface area contributed by atoms with Gasteiger partial charge in [0.2, 0.25) is 13.6 Å². The van der Waals surface area contributed by atoms with Crippen molar-refractivity contribution in [2.45, 2.75) is 71.1 Å². The van der Waals surface area contributed by atoms with Crippen LogP contribution in [0.1, 0.15) is 82.1 Å². The van der Waals surface area contributed by atoms with Crippen LogP contribution in [0.2, 0.25) is 0 Å². The lowest BCUT2D eigenvalue weighted by Gasteiger charge is -2.28. The molecule has 2 amide bonds. The number of benzene rings is 2. The fourth-order valence-electron chi connectivity index (χ4n) is 4.97. The van der Waals surface area contributed by atoms with Crippen molar-refractivity contribution in [1.82, 2.24) is 9.80 Å². The van der Waals surface area contributed by atoms with E-state index in [-0.39, 0.29) is 32.8 Å². The van der Waals surface area contributed by atoms with Gasteiger partial charge in [0.05, 0.1) is 19.2 Å². The monoisotopic (exact) mass is 752 g/mol. The standard InChI is InChI=1S/C18H26BrNO6.C17H23NO5/c1-18(2,3)26-17(22)20(4)9-12(21)15-11(14(8-19)23-5)6-7-13-16(15)25-10-24-13;1-6-11-7-8-13-15(22-10-21-13)14(11)12(19)9-18(5)16(20)23-17(2,3)4/h6-7,12,14,21H,8-10H2,1-5H3;6-8,12,19H,1,9-10H2,2-5H3. The van der Waals surface area contributed by atoms with Crippen molar-refractivity contribution in [3.05, 3.63) is 53.1 Å². The van der Waals surface area contributed by atoms with Crippen LogP contribution in [-0.4, -0.2) is 96.6 Å². The molecule has 14 heteroatoms. The number of hydrogen-bond donors (Lipinski definition) is 2. The van der Waals surface area contributed by atoms with Crippen LogP contribution in [0.5, 0.6) is 23.0 Å². The lowest BCUT2D eigenvalue weighted by Crippen LogP contribution is -2.36. The summed E-state index contributed by atoms with van der Waals surface area (Å²) in [5.74, 6) is 2.11. The fraction of sp³-hybridized carbons (Fsp3) is 0.543. The molecule has 3 unspecified atom stereocenters. The van der Waals surface area contributed by atoms with Gasteiger partial charge in [0.25, 0.3) is 0 Å². The maximum absolute atomic E-state index is 12.2. The quantitative estimate of drug-likeness (QED) is 0.262. The predicted octanol–water partition coefficient (Wildman–Crippen LogP) is 6.36. The largest absolute Gasteiger partial charge is 0.454 e. The van der Waals surface area contributed by atoms with Crippen LogP contribution in [0.15, 0.2) is 30.8 Å². The van der Waals surface area contributed by atoms with Crippen LogP contribution >= 0.6 is 15.9 Å². The maximum Gasteiger partial charge on any atom is 0.410 e. The van der Waals surface area contributed by atoms with Crippen LogP contribution in [-0.2, 0) is 14.2 Å². The topological polar surface area (TPSA) is 146 Å². The highest BCUT2D eigenvalue weighted by Crippen LogP contribution is 2.44. The first-order valence-corrected chi connectivity index (χ1v) is 16.8. The second kappa shape index (κ2) is 16.8. The Hall–Kier alpha value is -3.72. The smallest absolute Gasteiger partial charge is 0.410 e. The van der Waals surface area contributed by atoms with Gasteiger partial charge in [-0.2, -0.15) is 0 Å². The first-order chi connectivity index (χ1) is 22.9. The predicted molar refractivity (Wildman–Crippen MR) is 186 cm³/mol. The van der Waals surface area contributed by atoms with Gasteiger partial charge in [-0.25, -0.2) is 9.59 Å². The molecular weight excluding hydrogens is 704 g/mol. The van der Waals surface area contributed by atoms with Crippen LogP contribution in [0.3, 0.4) is 0 Å². The summed E-state index contributed by atoms with van der Waals surface area (Å²) in [6.45, 7) is 14.8. The van der Waals surface area contributed by atoms with Gasteiger partial charge < -0.3 is 53.2 Å². The highest BCUT2D eigenvalue weighted by Gasteiger charge is 2.31. The molecule has 0 spiro atoms. The highest BCUT2D eigenvalue weighted by molar-refractivity contribution is 9.09. The minimum absolute atomic E-state index is 0.0421. The number of aliphatic hydroxyl groups is 2. The first kappa shape index (κ1) is 39.7. The number of likely N-dealkylation sites (N-methyl/N-ethyl adjacent to an activating group) is 2. The zero-order valence-corrected chi connectivity index (χ0v) is 31.3. The molecule has 0 bridgehead atoms. The van der Waals surface area contributed by atoms with E-state index in [1.165, 1.54) is 9.80 Å². The summed E-state index contributed by atoms with van der Waals surface area (Å²) < 4.78 is 37.9. The Kier molecular flexibility index (Phi) is 13.6. The molecular formula is C35H49BrN2O11. The molecule has 49 heavy (non-hydrogen) atoms. The molecule has 2 N–H and O–H groups in total. The van der Waals surface area contributed by atoms with Crippen LogP contribution in [0.25, 0.3) is 6.08 Å². The van der Waals surface area contributed by atoms with E-state index in [0.717, 1.165) is 11.1 Å². The number of carbonyl (C=O) groups is 2. The number of alkyl halides is 1. The lowest BCUT2D eigenvalue weighted by molar-refractivity contribution is 0.0194. The lowest BCUT2D eigenvalue weighted by atomic mass is 9.96. The summed E-state index contributed by atoms with van der Waals surface area (Å²) in [7, 11) is 4.75. The zero-order chi connectivity index (χ0) is 36.7. The van der Waals surface area contributed by atoms with Crippen molar-refractivity contribution < 1.29 is 53.0 Å². The molecule has 2 aromatic rings. The number of aliphatic hydroxyl groups excluding tert-OH is 2. The summed E-state index contributed by atoms with van der Waals surface area (Å²) in [5.41, 5.74) is 1.43. The Morgan fingerprint density at radius 2 is 1.29 bits per heavy atom. The number of nitrogens with zero attached hydrogens (tertiary/aromatic N) is 2. The minimum Gasteiger partial charge on any atom is -0.454 e. The zero-order valence-electron chi connectivity index (χ0n) is 29.7. The molecule has 0 radical (unpaired) electrons. The van der Waals surface area contributed by atoms with Crippen molar-refractivity contribution in [2.24, 2.45) is 0 Å². The number of methoxy groups -OCH3 is 1. The van der Waals surface area contributed by atoms with E-state index in [1.54, 1.807) is 87.0 Å². The molecule has 0 aromatic heterocycles. The van der Waals surface area contributed by atoms with Gasteiger partial charge >= 0.3 is 12.2 Å². The molecule has 272 valence electrons. The van der Waals surface area contributed by atoms with Crippen LogP contribution in [0.4, 0.5) is 9.59 Å². The average molecular weight is 754 g/mol. The second-order valence-electron chi connectivity index (χ2n) is 13.4. The summed E-state index contributed by atoms with van der Waals surface area (Å²) >= 11 is 3.42. The van der Waals surface area contributed by atoms with Crippen LogP contribution < -0.4 is 18.9 Å². The number of ether oxygens (including phenoxy) is 7. The summed E-state index contributed by atoms with van der Waals surface area (Å²) in [4.78, 5) is 26.9. The molecule has 3 atom stereocenters. The molecule has 4 rings (SSSR count). The van der Waals surface area contributed by atoms with E-state index in [1.807, 2.05) is 6.07 Å². The molecule has 0 fully saturated rings. The van der Waals surface area contributed by atoms with E-state index in [4.69, 9.17) is 33.2 Å². The number of carbonyl (C=O) groups excluding carboxylic acids is 2. The molecule has 0 aliphatic carbocycles. The number of hydrogen-bond acceptors (Lipinski definition) is 11. The van der Waals surface area contributed by atoms with Gasteiger partial charge in [0.15, 0.2) is 23.0 Å². The van der Waals surface area contributed by atoms with Gasteiger partial charge in [0.1, 0.15) is 23.4 Å². The minimum atomic E-state index is -0.990. The van der Waals surface area contributed by atoms with Gasteiger partial charge in [-0.15, -0.1) is 0 Å². The van der Waals surface area contributed by atoms with E-state index in [0.29, 0.717) is 39.5 Å². The van der Waals surface area contributed by atoms with Crippen molar-refractivity contribution in [3.8, 4) is 23.0 Å². The Morgan fingerprint density at radius 1 is 0.837 bits per heavy atom. The number of amides is 2. The normalized spacial score (nSPS) is 14.9. The number of fused-ring (bicyclic) bond motifs is 2. The third-order valence-electron chi connectivity index (χ3n) is 7.18. The van der Waals surface area contributed by atoms with Crippen molar-refractivity contribution in [1.29, 1.82) is 0 Å². The van der Waals surface area contributed by atoms with Gasteiger partial charge in [-0.3, -0.25) is 0 Å². The summed E-state index contributed by atoms with van der Waals surface area (Å²) in [6.07, 6.45) is -1.59. The van der Waals surface area contributed by atoms with Crippen molar-refractivity contribution in [3.63, 3.8) is 0 Å². The third-order valence-corrected chi connectivity index (χ3v) is 7.77. The van der Waals surface area contributed by atoms with Gasteiger partial charge in [-0.1, -0.05) is 40.7 Å². The Balaban J connectivity index is 0.000000267. The second-order valence-corrected chi connectivity index (χ2v) is 14.1. The van der Waals surface area contributed by atoms with E-state index in [9.17, 15) is 19.8 Å². The highest BCUT2D eigenvalue weighted by atomic mass is 79.9.